The first kappa shape index (κ1) is 28.1. The summed E-state index contributed by atoms with van der Waals surface area (Å²) < 4.78 is 17.4. The standard InChI is InChI=1S/C31H34Cl2FN5O2/c1-20(40)26-19-39(23-4-5-23)29-17-30(27(34)16-25(29)31(26)41)38-12-10-37(11-13-38)24-3-2-21-14-22(35-28(21)15-24)18-36(8-6-32)9-7-33/h2-3,14-17,19,23,35H,4-13,18H2,1H3. The van der Waals surface area contributed by atoms with Crippen molar-refractivity contribution in [2.24, 2.45) is 0 Å². The number of pyridine rings is 1. The highest BCUT2D eigenvalue weighted by molar-refractivity contribution is 6.18. The number of carbonyl (C=O) groups is 1. The number of halogens is 3. The number of benzene rings is 2. The first-order valence-corrected chi connectivity index (χ1v) is 15.3. The Labute approximate surface area is 248 Å². The van der Waals surface area contributed by atoms with Crippen LogP contribution in [0.2, 0.25) is 0 Å². The van der Waals surface area contributed by atoms with Crippen molar-refractivity contribution in [2.75, 3.05) is 60.8 Å². The number of fused-ring (bicyclic) bond motifs is 2. The average Bonchev–Trinajstić information content (AvgIpc) is 3.72. The van der Waals surface area contributed by atoms with Crippen LogP contribution in [-0.2, 0) is 6.54 Å². The summed E-state index contributed by atoms with van der Waals surface area (Å²) in [5, 5.41) is 1.43. The predicted octanol–water partition coefficient (Wildman–Crippen LogP) is 5.77. The summed E-state index contributed by atoms with van der Waals surface area (Å²) in [4.78, 5) is 35.2. The molecule has 2 aromatic carbocycles. The highest BCUT2D eigenvalue weighted by atomic mass is 35.5. The fourth-order valence-electron chi connectivity index (χ4n) is 5.92. The Morgan fingerprint density at radius 3 is 2.39 bits per heavy atom. The van der Waals surface area contributed by atoms with Crippen molar-refractivity contribution in [3.05, 3.63) is 69.9 Å². The molecule has 6 rings (SSSR count). The minimum atomic E-state index is -0.427. The number of aromatic amines is 1. The number of rotatable bonds is 10. The third kappa shape index (κ3) is 5.70. The second-order valence-electron chi connectivity index (χ2n) is 11.1. The van der Waals surface area contributed by atoms with Gasteiger partial charge in [0, 0.05) is 92.1 Å². The molecule has 0 unspecified atom stereocenters. The summed E-state index contributed by atoms with van der Waals surface area (Å²) in [7, 11) is 0. The number of anilines is 2. The fourth-order valence-corrected chi connectivity index (χ4v) is 6.40. The van der Waals surface area contributed by atoms with E-state index in [2.05, 4.69) is 43.9 Å². The van der Waals surface area contributed by atoms with Crippen LogP contribution in [0.5, 0.6) is 0 Å². The average molecular weight is 599 g/mol. The van der Waals surface area contributed by atoms with E-state index in [4.69, 9.17) is 23.2 Å². The Kier molecular flexibility index (Phi) is 7.99. The van der Waals surface area contributed by atoms with Crippen molar-refractivity contribution >= 4 is 62.2 Å². The van der Waals surface area contributed by atoms with Crippen LogP contribution in [0, 0.1) is 5.82 Å². The van der Waals surface area contributed by atoms with Crippen LogP contribution in [0.3, 0.4) is 0 Å². The van der Waals surface area contributed by atoms with Crippen molar-refractivity contribution in [2.45, 2.75) is 32.4 Å². The monoisotopic (exact) mass is 597 g/mol. The summed E-state index contributed by atoms with van der Waals surface area (Å²) in [6, 6.07) is 12.0. The molecule has 216 valence electrons. The molecule has 1 saturated carbocycles. The van der Waals surface area contributed by atoms with Crippen molar-refractivity contribution in [3.63, 3.8) is 0 Å². The number of hydrogen-bond acceptors (Lipinski definition) is 5. The van der Waals surface area contributed by atoms with Crippen LogP contribution in [0.1, 0.15) is 41.9 Å². The molecule has 2 aromatic heterocycles. The lowest BCUT2D eigenvalue weighted by Crippen LogP contribution is -2.46. The van der Waals surface area contributed by atoms with Crippen LogP contribution in [0.25, 0.3) is 21.8 Å². The van der Waals surface area contributed by atoms with E-state index in [9.17, 15) is 9.59 Å². The van der Waals surface area contributed by atoms with Gasteiger partial charge in [0.05, 0.1) is 16.8 Å². The van der Waals surface area contributed by atoms with Crippen molar-refractivity contribution in [1.29, 1.82) is 0 Å². The second-order valence-corrected chi connectivity index (χ2v) is 11.8. The molecule has 0 amide bonds. The number of Topliss-reactive ketones (excluding diaryl/α,β-unsaturated/α-hetero) is 1. The Morgan fingerprint density at radius 2 is 1.73 bits per heavy atom. The number of alkyl halides is 2. The Hall–Kier alpha value is -3.07. The largest absolute Gasteiger partial charge is 0.368 e. The number of aromatic nitrogens is 2. The van der Waals surface area contributed by atoms with Gasteiger partial charge in [0.1, 0.15) is 5.82 Å². The molecule has 0 radical (unpaired) electrons. The third-order valence-electron chi connectivity index (χ3n) is 8.26. The van der Waals surface area contributed by atoms with E-state index < -0.39 is 11.2 Å². The molecule has 0 atom stereocenters. The molecular formula is C31H34Cl2FN5O2. The lowest BCUT2D eigenvalue weighted by molar-refractivity contribution is 0.101. The highest BCUT2D eigenvalue weighted by Gasteiger charge is 2.28. The minimum Gasteiger partial charge on any atom is -0.368 e. The number of nitrogens with one attached hydrogen (secondary N) is 1. The zero-order valence-corrected chi connectivity index (χ0v) is 24.6. The number of ketones is 1. The molecule has 3 heterocycles. The lowest BCUT2D eigenvalue weighted by atomic mass is 10.1. The van der Waals surface area contributed by atoms with Crippen LogP contribution >= 0.6 is 23.2 Å². The Balaban J connectivity index is 1.20. The Morgan fingerprint density at radius 1 is 1.02 bits per heavy atom. The normalized spacial score (nSPS) is 15.9. The molecular weight excluding hydrogens is 564 g/mol. The third-order valence-corrected chi connectivity index (χ3v) is 8.60. The van der Waals surface area contributed by atoms with Crippen LogP contribution in [0.4, 0.5) is 15.8 Å². The number of carbonyl (C=O) groups excluding carboxylic acids is 1. The maximum atomic E-state index is 15.4. The summed E-state index contributed by atoms with van der Waals surface area (Å²) in [5.41, 5.74) is 4.27. The highest BCUT2D eigenvalue weighted by Crippen LogP contribution is 2.38. The predicted molar refractivity (Wildman–Crippen MR) is 166 cm³/mol. The lowest BCUT2D eigenvalue weighted by Gasteiger charge is -2.37. The molecule has 41 heavy (non-hydrogen) atoms. The first-order valence-electron chi connectivity index (χ1n) is 14.2. The molecule has 1 N–H and O–H groups in total. The first-order chi connectivity index (χ1) is 19.9. The molecule has 0 bridgehead atoms. The number of hydrogen-bond donors (Lipinski definition) is 1. The van der Waals surface area contributed by atoms with Crippen LogP contribution in [-0.4, -0.2) is 71.3 Å². The van der Waals surface area contributed by atoms with Gasteiger partial charge in [-0.05, 0) is 55.5 Å². The van der Waals surface area contributed by atoms with Gasteiger partial charge in [-0.15, -0.1) is 23.2 Å². The molecule has 0 spiro atoms. The van der Waals surface area contributed by atoms with E-state index in [0.717, 1.165) is 67.8 Å². The number of H-pyrrole nitrogens is 1. The SMILES string of the molecule is CC(=O)c1cn(C2CC2)c2cc(N3CCN(c4ccc5cc(CN(CCCl)CCCl)[nH]c5c4)CC3)c(F)cc2c1=O. The van der Waals surface area contributed by atoms with Gasteiger partial charge >= 0.3 is 0 Å². The van der Waals surface area contributed by atoms with Gasteiger partial charge in [-0.1, -0.05) is 6.07 Å². The smallest absolute Gasteiger partial charge is 0.200 e. The van der Waals surface area contributed by atoms with Gasteiger partial charge in [-0.25, -0.2) is 4.39 Å². The van der Waals surface area contributed by atoms with E-state index in [1.165, 1.54) is 13.0 Å². The zero-order chi connectivity index (χ0) is 28.7. The van der Waals surface area contributed by atoms with Gasteiger partial charge < -0.3 is 19.4 Å². The van der Waals surface area contributed by atoms with Gasteiger partial charge in [-0.2, -0.15) is 0 Å². The van der Waals surface area contributed by atoms with E-state index in [1.54, 1.807) is 12.3 Å². The molecule has 7 nitrogen and oxygen atoms in total. The summed E-state index contributed by atoms with van der Waals surface area (Å²) >= 11 is 11.9. The number of piperazine rings is 1. The topological polar surface area (TPSA) is 64.6 Å². The van der Waals surface area contributed by atoms with Crippen molar-refractivity contribution in [3.8, 4) is 0 Å². The molecule has 10 heteroatoms. The maximum absolute atomic E-state index is 15.4. The summed E-state index contributed by atoms with van der Waals surface area (Å²) in [5.74, 6) is 0.415. The number of nitrogens with zero attached hydrogens (tertiary/aromatic N) is 4. The molecule has 4 aromatic rings. The minimum absolute atomic E-state index is 0.124. The Bertz CT molecular complexity index is 1650. The molecule has 2 aliphatic rings. The maximum Gasteiger partial charge on any atom is 0.200 e. The second kappa shape index (κ2) is 11.7. The zero-order valence-electron chi connectivity index (χ0n) is 23.1. The fraction of sp³-hybridized carbons (Fsp3) is 0.419. The van der Waals surface area contributed by atoms with E-state index >= 15 is 4.39 Å². The summed E-state index contributed by atoms with van der Waals surface area (Å²) in [6.45, 7) is 6.52. The van der Waals surface area contributed by atoms with Gasteiger partial charge in [0.2, 0.25) is 0 Å². The molecule has 1 aliphatic carbocycles. The van der Waals surface area contributed by atoms with Crippen LogP contribution < -0.4 is 15.2 Å². The summed E-state index contributed by atoms with van der Waals surface area (Å²) in [6.07, 6.45) is 3.65. The van der Waals surface area contributed by atoms with Crippen molar-refractivity contribution in [1.82, 2.24) is 14.5 Å². The van der Waals surface area contributed by atoms with Crippen molar-refractivity contribution < 1.29 is 9.18 Å². The van der Waals surface area contributed by atoms with E-state index in [0.29, 0.717) is 36.1 Å². The van der Waals surface area contributed by atoms with Gasteiger partial charge in [-0.3, -0.25) is 14.5 Å². The van der Waals surface area contributed by atoms with Gasteiger partial charge in [0.15, 0.2) is 11.2 Å². The molecule has 1 aliphatic heterocycles. The quantitative estimate of drug-likeness (QED) is 0.186. The van der Waals surface area contributed by atoms with E-state index in [-0.39, 0.29) is 22.8 Å². The van der Waals surface area contributed by atoms with E-state index in [1.807, 2.05) is 4.57 Å². The van der Waals surface area contributed by atoms with Crippen LogP contribution in [0.15, 0.2) is 47.4 Å². The molecule has 2 fully saturated rings. The van der Waals surface area contributed by atoms with Gasteiger partial charge in [0.25, 0.3) is 0 Å². The molecule has 1 saturated heterocycles.